The number of fused-ring (bicyclic) bond motifs is 3. The van der Waals surface area contributed by atoms with Crippen LogP contribution in [0.3, 0.4) is 0 Å². The van der Waals surface area contributed by atoms with E-state index in [-0.39, 0.29) is 65.4 Å². The van der Waals surface area contributed by atoms with Crippen molar-refractivity contribution in [2.24, 2.45) is 0 Å². The number of carbonyl (C=O) groups is 2. The first-order valence-corrected chi connectivity index (χ1v) is 13.9. The van der Waals surface area contributed by atoms with Gasteiger partial charge < -0.3 is 28.4 Å². The summed E-state index contributed by atoms with van der Waals surface area (Å²) >= 11 is 0. The molecule has 0 saturated heterocycles. The zero-order valence-corrected chi connectivity index (χ0v) is 24.3. The van der Waals surface area contributed by atoms with Crippen molar-refractivity contribution in [1.82, 2.24) is 0 Å². The van der Waals surface area contributed by atoms with Gasteiger partial charge >= 0.3 is 11.9 Å². The summed E-state index contributed by atoms with van der Waals surface area (Å²) in [7, 11) is 0. The summed E-state index contributed by atoms with van der Waals surface area (Å²) in [6.07, 6.45) is -0.507. The number of halogens is 4. The number of hydrogen-bond acceptors (Lipinski definition) is 8. The highest BCUT2D eigenvalue weighted by atomic mass is 19.2. The highest BCUT2D eigenvalue weighted by molar-refractivity contribution is 5.96. The van der Waals surface area contributed by atoms with E-state index in [9.17, 15) is 27.2 Å². The van der Waals surface area contributed by atoms with Gasteiger partial charge in [0.25, 0.3) is 0 Å². The number of ether oxygens (including phenoxy) is 6. The van der Waals surface area contributed by atoms with Gasteiger partial charge in [0, 0.05) is 0 Å². The second-order valence-corrected chi connectivity index (χ2v) is 9.62. The van der Waals surface area contributed by atoms with Gasteiger partial charge in [-0.15, -0.1) is 0 Å². The van der Waals surface area contributed by atoms with E-state index in [0.717, 1.165) is 24.3 Å². The van der Waals surface area contributed by atoms with Crippen LogP contribution in [0.25, 0.3) is 11.1 Å². The lowest BCUT2D eigenvalue weighted by Gasteiger charge is -2.26. The molecule has 1 aliphatic heterocycles. The maximum Gasteiger partial charge on any atom is 0.346 e. The van der Waals surface area contributed by atoms with Crippen LogP contribution in [0.15, 0.2) is 60.7 Å². The van der Waals surface area contributed by atoms with Crippen molar-refractivity contribution < 1.29 is 55.6 Å². The third-order valence-electron chi connectivity index (χ3n) is 6.57. The Bertz CT molecular complexity index is 1770. The Labute approximate surface area is 255 Å². The minimum Gasteiger partial charge on any atom is -0.491 e. The van der Waals surface area contributed by atoms with Crippen molar-refractivity contribution in [3.63, 3.8) is 0 Å². The summed E-state index contributed by atoms with van der Waals surface area (Å²) in [5.41, 5.74) is -1.31. The normalized spacial score (nSPS) is 13.6. The maximum absolute atomic E-state index is 14.9. The monoisotopic (exact) mass is 626 g/mol. The quantitative estimate of drug-likeness (QED) is 0.114. The Hall–Kier alpha value is -5.26. The van der Waals surface area contributed by atoms with Crippen molar-refractivity contribution in [1.29, 1.82) is 0 Å². The molecular weight excluding hydrogens is 600 g/mol. The highest BCUT2D eigenvalue weighted by Gasteiger charge is 2.30. The molecule has 1 aliphatic rings. The van der Waals surface area contributed by atoms with Crippen LogP contribution in [0.1, 0.15) is 41.5 Å². The van der Waals surface area contributed by atoms with E-state index in [1.807, 2.05) is 0 Å². The molecule has 0 fully saturated rings. The van der Waals surface area contributed by atoms with Crippen molar-refractivity contribution in [3.05, 3.63) is 95.1 Å². The standard InChI is InChI=1S/C33H26F4O8/c1-4-40-24-14-12-18(28(34)30(24)36)32(38)44-22-10-6-8-20-26(22)27-21(43-17(3)16-42-20)9-7-11-23(27)45-33(39)19-13-15-25(41-5-2)31(37)29(19)35/h6-15,17H,4-5,16H2,1-3H3. The molecule has 1 heterocycles. The molecule has 0 spiro atoms. The third kappa shape index (κ3) is 6.21. The second kappa shape index (κ2) is 13.2. The van der Waals surface area contributed by atoms with Crippen LogP contribution in [0.4, 0.5) is 17.6 Å². The van der Waals surface area contributed by atoms with Crippen LogP contribution in [-0.4, -0.2) is 37.9 Å². The van der Waals surface area contributed by atoms with Gasteiger partial charge in [-0.1, -0.05) is 12.1 Å². The van der Waals surface area contributed by atoms with Gasteiger partial charge in [0.15, 0.2) is 23.1 Å². The number of esters is 2. The Morgan fingerprint density at radius 2 is 1.13 bits per heavy atom. The fourth-order valence-electron chi connectivity index (χ4n) is 4.58. The Balaban J connectivity index is 1.58. The summed E-state index contributed by atoms with van der Waals surface area (Å²) in [5, 5.41) is 0. The first-order chi connectivity index (χ1) is 21.6. The summed E-state index contributed by atoms with van der Waals surface area (Å²) in [6.45, 7) is 5.10. The van der Waals surface area contributed by atoms with Crippen LogP contribution in [0.5, 0.6) is 34.5 Å². The van der Waals surface area contributed by atoms with Gasteiger partial charge in [-0.25, -0.2) is 18.4 Å². The minimum absolute atomic E-state index is 0.0564. The van der Waals surface area contributed by atoms with Gasteiger partial charge in [0.1, 0.15) is 35.7 Å². The van der Waals surface area contributed by atoms with Gasteiger partial charge in [0.05, 0.1) is 35.5 Å². The first-order valence-electron chi connectivity index (χ1n) is 13.9. The minimum atomic E-state index is -1.47. The molecule has 8 nitrogen and oxygen atoms in total. The molecule has 0 aromatic heterocycles. The van der Waals surface area contributed by atoms with Crippen molar-refractivity contribution in [2.45, 2.75) is 26.9 Å². The molecular formula is C33H26F4O8. The van der Waals surface area contributed by atoms with Gasteiger partial charge in [0.2, 0.25) is 11.6 Å². The second-order valence-electron chi connectivity index (χ2n) is 9.62. The molecule has 0 aliphatic carbocycles. The van der Waals surface area contributed by atoms with Gasteiger partial charge in [-0.2, -0.15) is 8.78 Å². The Kier molecular flexibility index (Phi) is 9.12. The summed E-state index contributed by atoms with van der Waals surface area (Å²) in [4.78, 5) is 26.3. The Morgan fingerprint density at radius 3 is 1.62 bits per heavy atom. The molecule has 1 unspecified atom stereocenters. The number of hydrogen-bond donors (Lipinski definition) is 0. The Morgan fingerprint density at radius 1 is 0.667 bits per heavy atom. The molecule has 234 valence electrons. The van der Waals surface area contributed by atoms with E-state index in [0.29, 0.717) is 0 Å². The van der Waals surface area contributed by atoms with E-state index in [1.165, 1.54) is 24.3 Å². The van der Waals surface area contributed by atoms with E-state index < -0.39 is 52.4 Å². The number of carbonyl (C=O) groups excluding carboxylic acids is 2. The molecule has 45 heavy (non-hydrogen) atoms. The fraction of sp³-hybridized carbons (Fsp3) is 0.212. The number of rotatable bonds is 8. The van der Waals surface area contributed by atoms with Crippen LogP contribution < -0.4 is 28.4 Å². The van der Waals surface area contributed by atoms with E-state index in [4.69, 9.17) is 28.4 Å². The molecule has 12 heteroatoms. The molecule has 4 aromatic rings. The molecule has 0 amide bonds. The molecule has 4 aromatic carbocycles. The topological polar surface area (TPSA) is 89.5 Å². The van der Waals surface area contributed by atoms with Crippen LogP contribution in [-0.2, 0) is 0 Å². The molecule has 0 N–H and O–H groups in total. The van der Waals surface area contributed by atoms with Gasteiger partial charge in [-0.05, 0) is 69.3 Å². The molecule has 0 radical (unpaired) electrons. The zero-order valence-electron chi connectivity index (χ0n) is 24.3. The van der Waals surface area contributed by atoms with E-state index >= 15 is 0 Å². The lowest BCUT2D eigenvalue weighted by molar-refractivity contribution is 0.0714. The first kappa shape index (κ1) is 31.2. The van der Waals surface area contributed by atoms with Crippen molar-refractivity contribution in [3.8, 4) is 45.6 Å². The third-order valence-corrected chi connectivity index (χ3v) is 6.57. The predicted molar refractivity (Wildman–Crippen MR) is 152 cm³/mol. The average Bonchev–Trinajstić information content (AvgIpc) is 3.00. The largest absolute Gasteiger partial charge is 0.491 e. The van der Waals surface area contributed by atoms with Gasteiger partial charge in [-0.3, -0.25) is 0 Å². The molecule has 1 atom stereocenters. The smallest absolute Gasteiger partial charge is 0.346 e. The fourth-order valence-corrected chi connectivity index (χ4v) is 4.58. The summed E-state index contributed by atoms with van der Waals surface area (Å²) in [5.74, 6) is -8.97. The predicted octanol–water partition coefficient (Wildman–Crippen LogP) is 7.31. The average molecular weight is 627 g/mol. The van der Waals surface area contributed by atoms with Crippen LogP contribution in [0, 0.1) is 23.3 Å². The molecule has 5 rings (SSSR count). The van der Waals surface area contributed by atoms with Crippen molar-refractivity contribution in [2.75, 3.05) is 19.8 Å². The maximum atomic E-state index is 14.9. The summed E-state index contributed by atoms with van der Waals surface area (Å²) in [6, 6.07) is 13.0. The lowest BCUT2D eigenvalue weighted by Crippen LogP contribution is -2.24. The zero-order chi connectivity index (χ0) is 32.2. The van der Waals surface area contributed by atoms with E-state index in [1.54, 1.807) is 32.9 Å². The van der Waals surface area contributed by atoms with Crippen LogP contribution in [0.2, 0.25) is 0 Å². The molecule has 0 saturated carbocycles. The highest BCUT2D eigenvalue weighted by Crippen LogP contribution is 2.49. The van der Waals surface area contributed by atoms with E-state index in [2.05, 4.69) is 0 Å². The lowest BCUT2D eigenvalue weighted by atomic mass is 10.00. The van der Waals surface area contributed by atoms with Crippen molar-refractivity contribution >= 4 is 11.9 Å². The number of benzene rings is 4. The SMILES string of the molecule is CCOc1ccc(C(=O)Oc2cccc3c2-c2c(OC(=O)c4ccc(OCC)c(F)c4F)cccc2OC(C)CO3)c(F)c1F. The van der Waals surface area contributed by atoms with Crippen LogP contribution >= 0.6 is 0 Å². The summed E-state index contributed by atoms with van der Waals surface area (Å²) < 4.78 is 91.8. The molecule has 0 bridgehead atoms.